The highest BCUT2D eigenvalue weighted by Crippen LogP contribution is 2.23. The molecule has 0 aliphatic heterocycles. The highest BCUT2D eigenvalue weighted by atomic mass is 16.5. The van der Waals surface area contributed by atoms with Gasteiger partial charge in [0.15, 0.2) is 0 Å². The summed E-state index contributed by atoms with van der Waals surface area (Å²) < 4.78 is 10.8. The van der Waals surface area contributed by atoms with E-state index < -0.39 is 0 Å². The summed E-state index contributed by atoms with van der Waals surface area (Å²) in [5.41, 5.74) is 0.921. The first-order chi connectivity index (χ1) is 8.17. The van der Waals surface area contributed by atoms with Crippen LogP contribution in [0.3, 0.4) is 0 Å². The summed E-state index contributed by atoms with van der Waals surface area (Å²) in [6.07, 6.45) is 2.84. The Morgan fingerprint density at radius 2 is 2.18 bits per heavy atom. The smallest absolute Gasteiger partial charge is 0.237 e. The Labute approximate surface area is 103 Å². The third kappa shape index (κ3) is 4.61. The van der Waals surface area contributed by atoms with E-state index >= 15 is 0 Å². The molecule has 0 amide bonds. The molecule has 96 valence electrons. The van der Waals surface area contributed by atoms with Gasteiger partial charge < -0.3 is 14.8 Å². The first-order valence-corrected chi connectivity index (χ1v) is 6.04. The van der Waals surface area contributed by atoms with Crippen molar-refractivity contribution in [1.29, 1.82) is 0 Å². The number of nitrogens with zero attached hydrogens (tertiary/aromatic N) is 1. The van der Waals surface area contributed by atoms with E-state index in [1.165, 1.54) is 0 Å². The Morgan fingerprint density at radius 1 is 1.41 bits per heavy atom. The lowest BCUT2D eigenvalue weighted by Gasteiger charge is -2.20. The van der Waals surface area contributed by atoms with E-state index in [4.69, 9.17) is 9.47 Å². The van der Waals surface area contributed by atoms with Crippen LogP contribution >= 0.6 is 0 Å². The maximum Gasteiger partial charge on any atom is 0.237 e. The number of hydrogen-bond donors (Lipinski definition) is 1. The molecular weight excluding hydrogens is 216 g/mol. The summed E-state index contributed by atoms with van der Waals surface area (Å²) in [6, 6.07) is 4.15. The normalized spacial score (nSPS) is 12.5. The maximum atomic E-state index is 5.65. The fourth-order valence-electron chi connectivity index (χ4n) is 1.50. The second-order valence-electron chi connectivity index (χ2n) is 4.23. The number of anilines is 1. The van der Waals surface area contributed by atoms with E-state index in [1.807, 2.05) is 26.0 Å². The van der Waals surface area contributed by atoms with Crippen molar-refractivity contribution in [2.75, 3.05) is 19.0 Å². The minimum atomic E-state index is 0.118. The van der Waals surface area contributed by atoms with Gasteiger partial charge in [0.05, 0.1) is 18.4 Å². The molecule has 0 saturated carbocycles. The summed E-state index contributed by atoms with van der Waals surface area (Å²) in [6.45, 7) is 6.78. The average molecular weight is 238 g/mol. The Kier molecular flexibility index (Phi) is 5.77. The molecule has 17 heavy (non-hydrogen) atoms. The molecule has 0 aromatic carbocycles. The van der Waals surface area contributed by atoms with Gasteiger partial charge in [0, 0.05) is 19.3 Å². The van der Waals surface area contributed by atoms with Crippen molar-refractivity contribution in [3.63, 3.8) is 0 Å². The first-order valence-electron chi connectivity index (χ1n) is 6.04. The Balaban J connectivity index is 2.74. The van der Waals surface area contributed by atoms with E-state index in [1.54, 1.807) is 13.3 Å². The fraction of sp³-hybridized carbons (Fsp3) is 0.615. The number of ether oxygens (including phenoxy) is 2. The van der Waals surface area contributed by atoms with Gasteiger partial charge in [-0.05, 0) is 32.4 Å². The summed E-state index contributed by atoms with van der Waals surface area (Å²) in [4.78, 5) is 4.24. The number of rotatable bonds is 7. The van der Waals surface area contributed by atoms with Gasteiger partial charge in [0.2, 0.25) is 5.88 Å². The molecule has 1 aromatic rings. The third-order valence-electron chi connectivity index (χ3n) is 2.34. The van der Waals surface area contributed by atoms with Gasteiger partial charge in [-0.15, -0.1) is 0 Å². The van der Waals surface area contributed by atoms with Crippen LogP contribution in [0.4, 0.5) is 5.69 Å². The monoisotopic (exact) mass is 238 g/mol. The van der Waals surface area contributed by atoms with Crippen LogP contribution in [0.25, 0.3) is 0 Å². The predicted molar refractivity (Wildman–Crippen MR) is 69.6 cm³/mol. The van der Waals surface area contributed by atoms with E-state index in [0.29, 0.717) is 12.5 Å². The Morgan fingerprint density at radius 3 is 2.76 bits per heavy atom. The van der Waals surface area contributed by atoms with Crippen LogP contribution in [0.15, 0.2) is 18.3 Å². The summed E-state index contributed by atoms with van der Waals surface area (Å²) in [5.74, 6) is 0.650. The molecular formula is C13H22N2O2. The van der Waals surface area contributed by atoms with Crippen LogP contribution in [0.2, 0.25) is 0 Å². The van der Waals surface area contributed by atoms with Crippen LogP contribution in [0.1, 0.15) is 27.2 Å². The van der Waals surface area contributed by atoms with Crippen LogP contribution < -0.4 is 10.1 Å². The van der Waals surface area contributed by atoms with Crippen LogP contribution in [-0.2, 0) is 4.74 Å². The van der Waals surface area contributed by atoms with E-state index in [9.17, 15) is 0 Å². The van der Waals surface area contributed by atoms with Crippen molar-refractivity contribution >= 4 is 5.69 Å². The van der Waals surface area contributed by atoms with Gasteiger partial charge >= 0.3 is 0 Å². The average Bonchev–Trinajstić information content (AvgIpc) is 2.30. The van der Waals surface area contributed by atoms with Crippen molar-refractivity contribution in [2.45, 2.75) is 39.3 Å². The molecule has 1 N–H and O–H groups in total. The lowest BCUT2D eigenvalue weighted by atomic mass is 10.2. The molecule has 0 aliphatic carbocycles. The topological polar surface area (TPSA) is 43.4 Å². The number of methoxy groups -OCH3 is 1. The zero-order chi connectivity index (χ0) is 12.7. The number of hydrogen-bond acceptors (Lipinski definition) is 4. The molecule has 1 rings (SSSR count). The quantitative estimate of drug-likeness (QED) is 0.793. The Bertz CT molecular complexity index is 329. The number of pyridine rings is 1. The Hall–Kier alpha value is -1.29. The molecule has 1 aromatic heterocycles. The third-order valence-corrected chi connectivity index (χ3v) is 2.34. The zero-order valence-electron chi connectivity index (χ0n) is 11.1. The lowest BCUT2D eigenvalue weighted by molar-refractivity contribution is 0.184. The predicted octanol–water partition coefficient (Wildman–Crippen LogP) is 2.71. The van der Waals surface area contributed by atoms with Crippen molar-refractivity contribution < 1.29 is 9.47 Å². The van der Waals surface area contributed by atoms with Crippen LogP contribution in [0, 0.1) is 0 Å². The largest absolute Gasteiger partial charge is 0.473 e. The van der Waals surface area contributed by atoms with E-state index in [-0.39, 0.29) is 12.1 Å². The van der Waals surface area contributed by atoms with Gasteiger partial charge in [-0.3, -0.25) is 0 Å². The summed E-state index contributed by atoms with van der Waals surface area (Å²) in [5, 5.41) is 3.39. The number of aromatic nitrogens is 1. The second kappa shape index (κ2) is 7.12. The molecule has 0 saturated heterocycles. The molecule has 1 heterocycles. The zero-order valence-corrected chi connectivity index (χ0v) is 11.1. The molecule has 0 fully saturated rings. The fourth-order valence-corrected chi connectivity index (χ4v) is 1.50. The van der Waals surface area contributed by atoms with Gasteiger partial charge in [0.25, 0.3) is 0 Å². The molecule has 0 bridgehead atoms. The maximum absolute atomic E-state index is 5.65. The van der Waals surface area contributed by atoms with Crippen LogP contribution in [0.5, 0.6) is 5.88 Å². The SMILES string of the molecule is CCC(COC)Nc1cccnc1OC(C)C. The molecule has 0 aliphatic rings. The van der Waals surface area contributed by atoms with Crippen molar-refractivity contribution in [2.24, 2.45) is 0 Å². The van der Waals surface area contributed by atoms with Gasteiger partial charge in [0.1, 0.15) is 0 Å². The van der Waals surface area contributed by atoms with Crippen LogP contribution in [-0.4, -0.2) is 30.8 Å². The minimum absolute atomic E-state index is 0.118. The van der Waals surface area contributed by atoms with Crippen molar-refractivity contribution in [3.05, 3.63) is 18.3 Å². The van der Waals surface area contributed by atoms with Gasteiger partial charge in [-0.1, -0.05) is 6.92 Å². The molecule has 0 spiro atoms. The van der Waals surface area contributed by atoms with E-state index in [2.05, 4.69) is 17.2 Å². The van der Waals surface area contributed by atoms with Crippen molar-refractivity contribution in [1.82, 2.24) is 4.98 Å². The molecule has 0 radical (unpaired) electrons. The van der Waals surface area contributed by atoms with Gasteiger partial charge in [-0.2, -0.15) is 0 Å². The first kappa shape index (κ1) is 13.8. The number of nitrogens with one attached hydrogen (secondary N) is 1. The lowest BCUT2D eigenvalue weighted by Crippen LogP contribution is -2.24. The minimum Gasteiger partial charge on any atom is -0.473 e. The summed E-state index contributed by atoms with van der Waals surface area (Å²) >= 11 is 0. The molecule has 1 atom stereocenters. The summed E-state index contributed by atoms with van der Waals surface area (Å²) in [7, 11) is 1.71. The molecule has 1 unspecified atom stereocenters. The standard InChI is InChI=1S/C13H22N2O2/c1-5-11(9-16-4)15-12-7-6-8-14-13(12)17-10(2)3/h6-8,10-11,15H,5,9H2,1-4H3. The van der Waals surface area contributed by atoms with Gasteiger partial charge in [-0.25, -0.2) is 4.98 Å². The molecule has 4 heteroatoms. The van der Waals surface area contributed by atoms with E-state index in [0.717, 1.165) is 12.1 Å². The highest BCUT2D eigenvalue weighted by molar-refractivity contribution is 5.52. The highest BCUT2D eigenvalue weighted by Gasteiger charge is 2.11. The molecule has 4 nitrogen and oxygen atoms in total. The van der Waals surface area contributed by atoms with Crippen molar-refractivity contribution in [3.8, 4) is 5.88 Å². The second-order valence-corrected chi connectivity index (χ2v) is 4.23.